The molecule has 2 aliphatic rings. The molecule has 7 heterocycles. The first-order valence-electron chi connectivity index (χ1n) is 26.8. The van der Waals surface area contributed by atoms with E-state index in [2.05, 4.69) is 107 Å². The number of aliphatic hydroxyl groups is 2. The molecule has 81 heavy (non-hydrogen) atoms. The summed E-state index contributed by atoms with van der Waals surface area (Å²) < 4.78 is 17.5. The van der Waals surface area contributed by atoms with Gasteiger partial charge in [0, 0.05) is 80.0 Å². The number of H-pyrrole nitrogens is 1. The molecule has 0 radical (unpaired) electrons. The maximum Gasteiger partial charge on any atom is 0.278 e. The van der Waals surface area contributed by atoms with Crippen molar-refractivity contribution in [1.29, 1.82) is 0 Å². The van der Waals surface area contributed by atoms with Gasteiger partial charge in [-0.15, -0.1) is 13.2 Å². The van der Waals surface area contributed by atoms with Gasteiger partial charge in [0.25, 0.3) is 17.4 Å². The van der Waals surface area contributed by atoms with Crippen molar-refractivity contribution in [3.05, 3.63) is 185 Å². The molecule has 19 nitrogen and oxygen atoms in total. The zero-order valence-electron chi connectivity index (χ0n) is 46.6. The lowest BCUT2D eigenvalue weighted by atomic mass is 9.99. The fraction of sp³-hybridized carbons (Fsp3) is 0.279. The number of fused-ring (bicyclic) bond motifs is 1. The molecule has 0 saturated carbocycles. The van der Waals surface area contributed by atoms with Crippen LogP contribution in [0.4, 0.5) is 27.5 Å². The summed E-state index contributed by atoms with van der Waals surface area (Å²) >= 11 is 0. The van der Waals surface area contributed by atoms with Gasteiger partial charge in [0.1, 0.15) is 28.2 Å². The van der Waals surface area contributed by atoms with E-state index in [4.69, 9.17) is 10.7 Å². The zero-order valence-corrected chi connectivity index (χ0v) is 46.6. The summed E-state index contributed by atoms with van der Waals surface area (Å²) in [5.74, 6) is -0.0562. The van der Waals surface area contributed by atoms with Crippen LogP contribution in [0, 0.1) is 5.82 Å². The Labute approximate surface area is 469 Å². The summed E-state index contributed by atoms with van der Waals surface area (Å²) in [6.07, 6.45) is 5.38. The topological polar surface area (TPSA) is 250 Å². The molecule has 420 valence electrons. The number of nitrogens with two attached hydrogens (primary N) is 1. The molecule has 10 rings (SSSR count). The molecule has 1 saturated heterocycles. The van der Waals surface area contributed by atoms with E-state index in [1.54, 1.807) is 80.9 Å². The summed E-state index contributed by atoms with van der Waals surface area (Å²) in [4.78, 5) is 68.0. The van der Waals surface area contributed by atoms with Crippen LogP contribution in [-0.4, -0.2) is 106 Å². The average molecular weight is 1100 g/mol. The SMILES string of the molecule is C=CCNC(=O)C(=C)/C(N)=N/c1cccc(C(C)(C)O)n1.C=CCn1c(=O)c2cnc(Nc3ccc(N4CCN(Cc5ccc(-c6[nH]c7cc(F)cc8c7c6CCNC8=O)cc5)CC4)cc3)nc2n1-c1cccc(C(C)(C)O)n1.CC. The predicted octanol–water partition coefficient (Wildman–Crippen LogP) is 8.21. The summed E-state index contributed by atoms with van der Waals surface area (Å²) in [5.41, 5.74) is 11.7. The van der Waals surface area contributed by atoms with E-state index >= 15 is 0 Å². The molecule has 0 atom stereocenters. The third kappa shape index (κ3) is 13.3. The molecule has 0 aliphatic carbocycles. The molecular weight excluding hydrogens is 1030 g/mol. The monoisotopic (exact) mass is 1100 g/mol. The highest BCUT2D eigenvalue weighted by molar-refractivity contribution is 6.20. The number of aliphatic imine (C=N–C) groups is 1. The molecule has 1 fully saturated rings. The molecule has 2 aliphatic heterocycles. The van der Waals surface area contributed by atoms with Gasteiger partial charge in [0.05, 0.1) is 29.1 Å². The standard InChI is InChI=1S/C44H43FN10O3.C15H20N4O2.C2H6/c1-4-18-54-42(57)34-25-47-43(51-40(34)55(54)37-7-5-6-36(50-37)44(2,3)58)48-30-12-14-31(15-13-30)53-21-19-52(20-22-53)26-27-8-10-28(11-9-27)39-32-16-17-46-41(56)33-23-29(45)24-35(49-39)38(32)33;1-5-9-17-14(20)10(2)13(16)19-12-8-6-7-11(18-12)15(3,4)21;1-2/h4-15,23-25,49,58H,1,16-22,26H2,2-3H3,(H,46,56)(H,47,48,51);5-8,21H,1-2,9H2,3-4H3,(H,17,20)(H2,16,18,19);1-2H3. The molecule has 3 aromatic carbocycles. The van der Waals surface area contributed by atoms with E-state index in [0.29, 0.717) is 70.6 Å². The Hall–Kier alpha value is -9.11. The van der Waals surface area contributed by atoms with Crippen LogP contribution in [0.25, 0.3) is 39.0 Å². The Bertz CT molecular complexity index is 3710. The first kappa shape index (κ1) is 58.0. The van der Waals surface area contributed by atoms with Gasteiger partial charge in [-0.05, 0) is 111 Å². The van der Waals surface area contributed by atoms with E-state index in [1.165, 1.54) is 28.6 Å². The van der Waals surface area contributed by atoms with Crippen molar-refractivity contribution in [3.63, 3.8) is 0 Å². The normalized spacial score (nSPS) is 13.8. The van der Waals surface area contributed by atoms with Crippen molar-refractivity contribution in [2.24, 2.45) is 10.7 Å². The number of halogens is 1. The number of benzene rings is 3. The van der Waals surface area contributed by atoms with Crippen LogP contribution in [0.15, 0.2) is 151 Å². The van der Waals surface area contributed by atoms with E-state index in [9.17, 15) is 29.0 Å². The lowest BCUT2D eigenvalue weighted by Gasteiger charge is -2.36. The number of pyridine rings is 2. The minimum atomic E-state index is -1.17. The van der Waals surface area contributed by atoms with Gasteiger partial charge in [-0.1, -0.05) is 69.0 Å². The summed E-state index contributed by atoms with van der Waals surface area (Å²) in [5, 5.41) is 30.4. The lowest BCUT2D eigenvalue weighted by Crippen LogP contribution is -2.45. The molecule has 0 unspecified atom stereocenters. The summed E-state index contributed by atoms with van der Waals surface area (Å²) in [6, 6.07) is 29.8. The Balaban J connectivity index is 0.000000316. The van der Waals surface area contributed by atoms with Gasteiger partial charge in [0.15, 0.2) is 17.3 Å². The number of anilines is 3. The van der Waals surface area contributed by atoms with Crippen molar-refractivity contribution in [2.45, 2.75) is 72.3 Å². The molecule has 8 aromatic rings. The summed E-state index contributed by atoms with van der Waals surface area (Å²) in [7, 11) is 0. The van der Waals surface area contributed by atoms with E-state index < -0.39 is 22.9 Å². The number of amides is 2. The number of allylic oxidation sites excluding steroid dienone is 1. The fourth-order valence-corrected chi connectivity index (χ4v) is 9.42. The molecule has 20 heteroatoms. The number of aromatic amines is 1. The predicted molar refractivity (Wildman–Crippen MR) is 318 cm³/mol. The molecule has 2 amide bonds. The van der Waals surface area contributed by atoms with Crippen molar-refractivity contribution in [3.8, 4) is 17.1 Å². The molecule has 5 aromatic heterocycles. The van der Waals surface area contributed by atoms with Gasteiger partial charge in [-0.2, -0.15) is 4.98 Å². The highest BCUT2D eigenvalue weighted by Gasteiger charge is 2.26. The van der Waals surface area contributed by atoms with Crippen LogP contribution in [0.3, 0.4) is 0 Å². The van der Waals surface area contributed by atoms with Crippen LogP contribution >= 0.6 is 0 Å². The van der Waals surface area contributed by atoms with Gasteiger partial charge < -0.3 is 41.8 Å². The second-order valence-electron chi connectivity index (χ2n) is 20.3. The molecular formula is C61H69FN14O5. The second-order valence-corrected chi connectivity index (χ2v) is 20.3. The quantitative estimate of drug-likeness (QED) is 0.0209. The van der Waals surface area contributed by atoms with Gasteiger partial charge in [-0.3, -0.25) is 19.3 Å². The summed E-state index contributed by atoms with van der Waals surface area (Å²) in [6.45, 7) is 27.0. The lowest BCUT2D eigenvalue weighted by molar-refractivity contribution is -0.116. The van der Waals surface area contributed by atoms with Crippen LogP contribution in [0.2, 0.25) is 0 Å². The van der Waals surface area contributed by atoms with Crippen LogP contribution in [0.1, 0.15) is 74.4 Å². The third-order valence-electron chi connectivity index (χ3n) is 13.5. The number of aromatic nitrogens is 7. The Morgan fingerprint density at radius 2 is 1.56 bits per heavy atom. The van der Waals surface area contributed by atoms with Crippen molar-refractivity contribution < 1.29 is 24.2 Å². The highest BCUT2D eigenvalue weighted by Crippen LogP contribution is 2.35. The van der Waals surface area contributed by atoms with E-state index in [1.807, 2.05) is 26.0 Å². The number of carbonyl (C=O) groups is 2. The van der Waals surface area contributed by atoms with Crippen LogP contribution in [-0.2, 0) is 35.5 Å². The Morgan fingerprint density at radius 3 is 2.22 bits per heavy atom. The molecule has 0 bridgehead atoms. The number of carbonyl (C=O) groups excluding carboxylic acids is 2. The zero-order chi connectivity index (χ0) is 58.2. The molecule has 8 N–H and O–H groups in total. The maximum absolute atomic E-state index is 14.4. The number of piperazine rings is 1. The fourth-order valence-electron chi connectivity index (χ4n) is 9.42. The highest BCUT2D eigenvalue weighted by atomic mass is 19.1. The number of hydrogen-bond donors (Lipinski definition) is 7. The maximum atomic E-state index is 14.4. The number of hydrogen-bond acceptors (Lipinski definition) is 13. The van der Waals surface area contributed by atoms with Gasteiger partial charge in [-0.25, -0.2) is 33.7 Å². The first-order chi connectivity index (χ1) is 38.8. The second kappa shape index (κ2) is 24.9. The number of amidine groups is 1. The van der Waals surface area contributed by atoms with Crippen LogP contribution < -0.4 is 32.1 Å². The third-order valence-corrected chi connectivity index (χ3v) is 13.5. The van der Waals surface area contributed by atoms with Gasteiger partial charge in [0.2, 0.25) is 5.95 Å². The van der Waals surface area contributed by atoms with Crippen molar-refractivity contribution in [2.75, 3.05) is 49.5 Å². The molecule has 0 spiro atoms. The first-order valence-corrected chi connectivity index (χ1v) is 26.8. The van der Waals surface area contributed by atoms with Crippen LogP contribution in [0.5, 0.6) is 0 Å². The minimum Gasteiger partial charge on any atom is -0.384 e. The smallest absolute Gasteiger partial charge is 0.278 e. The number of rotatable bonds is 16. The van der Waals surface area contributed by atoms with Crippen molar-refractivity contribution >= 4 is 62.7 Å². The van der Waals surface area contributed by atoms with Gasteiger partial charge >= 0.3 is 0 Å². The van der Waals surface area contributed by atoms with E-state index in [0.717, 1.165) is 66.3 Å². The Kier molecular flexibility index (Phi) is 17.9. The van der Waals surface area contributed by atoms with E-state index in [-0.39, 0.29) is 29.4 Å². The van der Waals surface area contributed by atoms with Crippen molar-refractivity contribution in [1.82, 2.24) is 49.8 Å². The minimum absolute atomic E-state index is 0.0306. The number of nitrogens with one attached hydrogen (secondary N) is 4. The average Bonchev–Trinajstić information content (AvgIpc) is 3.94. The number of nitrogens with zero attached hydrogens (tertiary/aromatic N) is 9. The largest absolute Gasteiger partial charge is 0.384 e. The Morgan fingerprint density at radius 1 is 0.877 bits per heavy atom.